The summed E-state index contributed by atoms with van der Waals surface area (Å²) in [6.45, 7) is 7.58. The fourth-order valence-electron chi connectivity index (χ4n) is 3.16. The summed E-state index contributed by atoms with van der Waals surface area (Å²) in [5.41, 5.74) is 8.16. The second-order valence-corrected chi connectivity index (χ2v) is 6.60. The number of aryl methyl sites for hydroxylation is 1. The van der Waals surface area contributed by atoms with Gasteiger partial charge in [-0.25, -0.2) is 0 Å². The highest BCUT2D eigenvalue weighted by Gasteiger charge is 2.20. The van der Waals surface area contributed by atoms with E-state index in [4.69, 9.17) is 5.73 Å². The topological polar surface area (TPSA) is 49.6 Å². The van der Waals surface area contributed by atoms with Gasteiger partial charge < -0.3 is 10.6 Å². The van der Waals surface area contributed by atoms with E-state index in [0.717, 1.165) is 65.0 Å². The monoisotopic (exact) mass is 317 g/mol. The molecule has 1 aromatic rings. The molecule has 0 aromatic heterocycles. The van der Waals surface area contributed by atoms with E-state index in [-0.39, 0.29) is 0 Å². The van der Waals surface area contributed by atoms with E-state index in [1.165, 1.54) is 11.1 Å². The van der Waals surface area contributed by atoms with Crippen molar-refractivity contribution in [3.05, 3.63) is 35.4 Å². The Labute approximate surface area is 140 Å². The Morgan fingerprint density at radius 3 is 2.52 bits per heavy atom. The largest absolute Gasteiger partial charge is 0.340 e. The van der Waals surface area contributed by atoms with Gasteiger partial charge in [-0.15, -0.1) is 0 Å². The molecule has 1 amide bonds. The molecule has 1 aliphatic rings. The third-order valence-corrected chi connectivity index (χ3v) is 4.56. The Morgan fingerprint density at radius 1 is 1.09 bits per heavy atom. The lowest BCUT2D eigenvalue weighted by atomic mass is 10.1. The van der Waals surface area contributed by atoms with Gasteiger partial charge in [0, 0.05) is 39.1 Å². The van der Waals surface area contributed by atoms with Crippen LogP contribution < -0.4 is 5.73 Å². The van der Waals surface area contributed by atoms with Gasteiger partial charge in [0.2, 0.25) is 5.91 Å². The predicted octanol–water partition coefficient (Wildman–Crippen LogP) is 2.55. The van der Waals surface area contributed by atoms with E-state index in [1.54, 1.807) is 0 Å². The van der Waals surface area contributed by atoms with E-state index in [0.29, 0.717) is 12.3 Å². The molecule has 1 aliphatic heterocycles. The van der Waals surface area contributed by atoms with Gasteiger partial charge in [-0.2, -0.15) is 0 Å². The van der Waals surface area contributed by atoms with Crippen molar-refractivity contribution in [3.8, 4) is 0 Å². The quantitative estimate of drug-likeness (QED) is 0.750. The molecule has 23 heavy (non-hydrogen) atoms. The number of carbonyl (C=O) groups is 1. The number of hydrogen-bond acceptors (Lipinski definition) is 3. The fourth-order valence-corrected chi connectivity index (χ4v) is 3.16. The summed E-state index contributed by atoms with van der Waals surface area (Å²) in [6, 6.07) is 8.69. The Balaban J connectivity index is 1.66. The van der Waals surface area contributed by atoms with Crippen LogP contribution in [0.1, 0.15) is 43.2 Å². The first-order valence-electron chi connectivity index (χ1n) is 8.95. The molecular weight excluding hydrogens is 286 g/mol. The number of benzene rings is 1. The fraction of sp³-hybridized carbons (Fsp3) is 0.632. The van der Waals surface area contributed by atoms with Crippen LogP contribution in [0.4, 0.5) is 0 Å². The molecule has 2 rings (SSSR count). The lowest BCUT2D eigenvalue weighted by Gasteiger charge is -2.35. The van der Waals surface area contributed by atoms with Gasteiger partial charge >= 0.3 is 0 Å². The minimum atomic E-state index is 0.327. The Morgan fingerprint density at radius 2 is 1.83 bits per heavy atom. The first-order chi connectivity index (χ1) is 11.2. The molecule has 2 N–H and O–H groups in total. The molecule has 1 heterocycles. The van der Waals surface area contributed by atoms with Crippen molar-refractivity contribution in [2.75, 3.05) is 32.7 Å². The van der Waals surface area contributed by atoms with Crippen LogP contribution in [-0.4, -0.2) is 48.4 Å². The number of rotatable bonds is 8. The lowest BCUT2D eigenvalue weighted by molar-refractivity contribution is -0.133. The van der Waals surface area contributed by atoms with Crippen LogP contribution in [0.2, 0.25) is 0 Å². The van der Waals surface area contributed by atoms with E-state index >= 15 is 0 Å². The SMILES string of the molecule is Cc1cccc(CN2CCN(C(=O)CCCCCCN)CC2)c1. The summed E-state index contributed by atoms with van der Waals surface area (Å²) in [6.07, 6.45) is 5.04. The highest BCUT2D eigenvalue weighted by atomic mass is 16.2. The predicted molar refractivity (Wildman–Crippen MR) is 95.2 cm³/mol. The molecule has 128 valence electrons. The van der Waals surface area contributed by atoms with Crippen LogP contribution in [0.3, 0.4) is 0 Å². The number of amides is 1. The van der Waals surface area contributed by atoms with Gasteiger partial charge in [-0.3, -0.25) is 9.69 Å². The third-order valence-electron chi connectivity index (χ3n) is 4.56. The first-order valence-corrected chi connectivity index (χ1v) is 8.95. The zero-order chi connectivity index (χ0) is 16.5. The molecule has 0 spiro atoms. The van der Waals surface area contributed by atoms with Crippen molar-refractivity contribution in [3.63, 3.8) is 0 Å². The third kappa shape index (κ3) is 6.32. The molecule has 0 unspecified atom stereocenters. The summed E-state index contributed by atoms with van der Waals surface area (Å²) in [5, 5.41) is 0. The maximum absolute atomic E-state index is 12.2. The van der Waals surface area contributed by atoms with Crippen molar-refractivity contribution < 1.29 is 4.79 Å². The molecule has 0 aliphatic carbocycles. The highest BCUT2D eigenvalue weighted by Crippen LogP contribution is 2.12. The number of carbonyl (C=O) groups excluding carboxylic acids is 1. The van der Waals surface area contributed by atoms with Gasteiger partial charge in [-0.1, -0.05) is 42.7 Å². The maximum Gasteiger partial charge on any atom is 0.222 e. The van der Waals surface area contributed by atoms with Crippen LogP contribution in [0, 0.1) is 6.92 Å². The van der Waals surface area contributed by atoms with Crippen LogP contribution in [0.5, 0.6) is 0 Å². The van der Waals surface area contributed by atoms with Crippen molar-refractivity contribution in [1.82, 2.24) is 9.80 Å². The number of piperazine rings is 1. The van der Waals surface area contributed by atoms with Gasteiger partial charge in [-0.05, 0) is 31.9 Å². The smallest absolute Gasteiger partial charge is 0.222 e. The minimum absolute atomic E-state index is 0.327. The van der Waals surface area contributed by atoms with E-state index in [2.05, 4.69) is 36.1 Å². The number of unbranched alkanes of at least 4 members (excludes halogenated alkanes) is 3. The van der Waals surface area contributed by atoms with Gasteiger partial charge in [0.15, 0.2) is 0 Å². The molecule has 0 radical (unpaired) electrons. The van der Waals surface area contributed by atoms with Crippen molar-refractivity contribution in [2.24, 2.45) is 5.73 Å². The van der Waals surface area contributed by atoms with Crippen LogP contribution in [0.15, 0.2) is 24.3 Å². The summed E-state index contributed by atoms with van der Waals surface area (Å²) in [5.74, 6) is 0.327. The van der Waals surface area contributed by atoms with E-state index < -0.39 is 0 Å². The molecule has 1 aromatic carbocycles. The molecule has 4 nitrogen and oxygen atoms in total. The van der Waals surface area contributed by atoms with Gasteiger partial charge in [0.05, 0.1) is 0 Å². The van der Waals surface area contributed by atoms with Crippen LogP contribution in [-0.2, 0) is 11.3 Å². The Bertz CT molecular complexity index is 481. The standard InChI is InChI=1S/C19H31N3O/c1-17-7-6-8-18(15-17)16-21-11-13-22(14-12-21)19(23)9-4-2-3-5-10-20/h6-8,15H,2-5,9-14,16,20H2,1H3. The maximum atomic E-state index is 12.2. The second-order valence-electron chi connectivity index (χ2n) is 6.60. The van der Waals surface area contributed by atoms with Gasteiger partial charge in [0.1, 0.15) is 0 Å². The van der Waals surface area contributed by atoms with Crippen LogP contribution >= 0.6 is 0 Å². The van der Waals surface area contributed by atoms with Crippen LogP contribution in [0.25, 0.3) is 0 Å². The van der Waals surface area contributed by atoms with Crippen molar-refractivity contribution in [2.45, 2.75) is 45.6 Å². The average Bonchev–Trinajstić information content (AvgIpc) is 2.55. The normalized spacial score (nSPS) is 15.8. The van der Waals surface area contributed by atoms with E-state index in [9.17, 15) is 4.79 Å². The molecule has 1 saturated heterocycles. The summed E-state index contributed by atoms with van der Waals surface area (Å²) in [4.78, 5) is 16.7. The Hall–Kier alpha value is -1.39. The molecule has 4 heteroatoms. The average molecular weight is 317 g/mol. The number of hydrogen-bond donors (Lipinski definition) is 1. The minimum Gasteiger partial charge on any atom is -0.340 e. The number of nitrogens with two attached hydrogens (primary N) is 1. The summed E-state index contributed by atoms with van der Waals surface area (Å²) in [7, 11) is 0. The summed E-state index contributed by atoms with van der Waals surface area (Å²) < 4.78 is 0. The molecule has 0 bridgehead atoms. The van der Waals surface area contributed by atoms with E-state index in [1.807, 2.05) is 4.90 Å². The lowest BCUT2D eigenvalue weighted by Crippen LogP contribution is -2.48. The second kappa shape index (κ2) is 9.68. The zero-order valence-corrected chi connectivity index (χ0v) is 14.5. The molecule has 0 saturated carbocycles. The number of nitrogens with zero attached hydrogens (tertiary/aromatic N) is 2. The molecular formula is C19H31N3O. The van der Waals surface area contributed by atoms with Crippen molar-refractivity contribution in [1.29, 1.82) is 0 Å². The highest BCUT2D eigenvalue weighted by molar-refractivity contribution is 5.76. The summed E-state index contributed by atoms with van der Waals surface area (Å²) >= 11 is 0. The van der Waals surface area contributed by atoms with Gasteiger partial charge in [0.25, 0.3) is 0 Å². The van der Waals surface area contributed by atoms with Crippen molar-refractivity contribution >= 4 is 5.91 Å². The molecule has 0 atom stereocenters. The Kier molecular flexibility index (Phi) is 7.56. The first kappa shape index (κ1) is 18.0. The zero-order valence-electron chi connectivity index (χ0n) is 14.5. The molecule has 1 fully saturated rings.